The molecule has 1 N–H and O–H groups in total. The molecule has 3 rings (SSSR count). The Morgan fingerprint density at radius 2 is 2.08 bits per heavy atom. The molecule has 0 radical (unpaired) electrons. The first-order valence-corrected chi connectivity index (χ1v) is 10.5. The number of allylic oxidation sites excluding steroid dienone is 2. The molecular formula is C21H34O5. The topological polar surface area (TPSA) is 65.0 Å². The minimum Gasteiger partial charge on any atom is -0.462 e. The average molecular weight is 366 g/mol. The molecule has 2 saturated heterocycles. The van der Waals surface area contributed by atoms with E-state index in [1.54, 1.807) is 0 Å². The van der Waals surface area contributed by atoms with Gasteiger partial charge in [-0.15, -0.1) is 0 Å². The standard InChI is InChI=1S/C21H34O5/c22-15-16-13-19-18(14-20(23)26-19)17(16)9-5-3-1-2-4-7-11-24-21-10-6-8-12-25-21/h5,9,16-19,21-22H,1-4,6-8,10-15H2/t16-,17-,18+,19+,21?/m0/s1. The lowest BCUT2D eigenvalue weighted by atomic mass is 9.87. The van der Waals surface area contributed by atoms with Crippen molar-refractivity contribution in [3.8, 4) is 0 Å². The summed E-state index contributed by atoms with van der Waals surface area (Å²) in [6, 6.07) is 0. The van der Waals surface area contributed by atoms with Gasteiger partial charge in [-0.2, -0.15) is 0 Å². The predicted octanol–water partition coefficient (Wildman–Crippen LogP) is 3.60. The normalized spacial score (nSPS) is 34.3. The van der Waals surface area contributed by atoms with Crippen LogP contribution in [-0.4, -0.2) is 43.3 Å². The van der Waals surface area contributed by atoms with E-state index in [9.17, 15) is 9.90 Å². The van der Waals surface area contributed by atoms with Crippen molar-refractivity contribution in [3.63, 3.8) is 0 Å². The maximum Gasteiger partial charge on any atom is 0.306 e. The zero-order valence-corrected chi connectivity index (χ0v) is 15.8. The van der Waals surface area contributed by atoms with Crippen LogP contribution in [0, 0.1) is 17.8 Å². The van der Waals surface area contributed by atoms with Crippen LogP contribution in [0.15, 0.2) is 12.2 Å². The number of carbonyl (C=O) groups is 1. The number of rotatable bonds is 10. The van der Waals surface area contributed by atoms with Crippen molar-refractivity contribution in [1.29, 1.82) is 0 Å². The molecule has 0 aromatic rings. The molecule has 5 nitrogen and oxygen atoms in total. The lowest BCUT2D eigenvalue weighted by molar-refractivity contribution is -0.162. The highest BCUT2D eigenvalue weighted by atomic mass is 16.7. The van der Waals surface area contributed by atoms with E-state index in [1.165, 1.54) is 25.7 Å². The zero-order valence-electron chi connectivity index (χ0n) is 15.8. The molecular weight excluding hydrogens is 332 g/mol. The molecule has 26 heavy (non-hydrogen) atoms. The molecule has 1 aliphatic carbocycles. The minimum atomic E-state index is -0.0735. The van der Waals surface area contributed by atoms with Crippen molar-refractivity contribution in [2.45, 2.75) is 76.6 Å². The van der Waals surface area contributed by atoms with Crippen molar-refractivity contribution >= 4 is 5.97 Å². The van der Waals surface area contributed by atoms with Crippen LogP contribution in [0.3, 0.4) is 0 Å². The monoisotopic (exact) mass is 366 g/mol. The smallest absolute Gasteiger partial charge is 0.306 e. The van der Waals surface area contributed by atoms with Gasteiger partial charge in [-0.3, -0.25) is 4.79 Å². The molecule has 2 heterocycles. The molecule has 1 saturated carbocycles. The predicted molar refractivity (Wildman–Crippen MR) is 98.4 cm³/mol. The number of unbranched alkanes of at least 4 members (excludes halogenated alkanes) is 4. The van der Waals surface area contributed by atoms with Crippen LogP contribution >= 0.6 is 0 Å². The van der Waals surface area contributed by atoms with Gasteiger partial charge in [0, 0.05) is 25.7 Å². The number of fused-ring (bicyclic) bond motifs is 1. The first kappa shape index (κ1) is 19.8. The van der Waals surface area contributed by atoms with Crippen molar-refractivity contribution in [2.24, 2.45) is 17.8 Å². The molecule has 1 unspecified atom stereocenters. The highest BCUT2D eigenvalue weighted by molar-refractivity contribution is 5.72. The summed E-state index contributed by atoms with van der Waals surface area (Å²) >= 11 is 0. The summed E-state index contributed by atoms with van der Waals surface area (Å²) in [5, 5.41) is 9.58. The van der Waals surface area contributed by atoms with Gasteiger partial charge in [0.05, 0.1) is 6.42 Å². The molecule has 148 valence electrons. The van der Waals surface area contributed by atoms with Gasteiger partial charge in [0.25, 0.3) is 0 Å². The quantitative estimate of drug-likeness (QED) is 0.364. The fraction of sp³-hybridized carbons (Fsp3) is 0.857. The Balaban J connectivity index is 1.24. The number of aliphatic hydroxyl groups excluding tert-OH is 1. The van der Waals surface area contributed by atoms with E-state index in [1.807, 2.05) is 0 Å². The summed E-state index contributed by atoms with van der Waals surface area (Å²) in [5.41, 5.74) is 0. The van der Waals surface area contributed by atoms with Crippen LogP contribution < -0.4 is 0 Å². The van der Waals surface area contributed by atoms with Crippen molar-refractivity contribution in [1.82, 2.24) is 0 Å². The van der Waals surface area contributed by atoms with Gasteiger partial charge in [0.1, 0.15) is 6.10 Å². The lowest BCUT2D eigenvalue weighted by Gasteiger charge is -2.22. The van der Waals surface area contributed by atoms with E-state index in [-0.39, 0.29) is 36.8 Å². The van der Waals surface area contributed by atoms with Crippen molar-refractivity contribution in [3.05, 3.63) is 12.2 Å². The number of ether oxygens (including phenoxy) is 3. The van der Waals surface area contributed by atoms with E-state index < -0.39 is 0 Å². The Bertz CT molecular complexity index is 457. The van der Waals surface area contributed by atoms with Gasteiger partial charge in [0.2, 0.25) is 0 Å². The fourth-order valence-corrected chi connectivity index (χ4v) is 4.56. The van der Waals surface area contributed by atoms with Crippen LogP contribution in [0.25, 0.3) is 0 Å². The molecule has 0 amide bonds. The zero-order chi connectivity index (χ0) is 18.2. The van der Waals surface area contributed by atoms with E-state index in [2.05, 4.69) is 12.2 Å². The second-order valence-electron chi connectivity index (χ2n) is 7.95. The number of hydrogen-bond donors (Lipinski definition) is 1. The van der Waals surface area contributed by atoms with E-state index >= 15 is 0 Å². The number of aliphatic hydroxyl groups is 1. The largest absolute Gasteiger partial charge is 0.462 e. The van der Waals surface area contributed by atoms with Gasteiger partial charge in [0.15, 0.2) is 6.29 Å². The molecule has 5 heteroatoms. The van der Waals surface area contributed by atoms with Gasteiger partial charge in [-0.25, -0.2) is 0 Å². The summed E-state index contributed by atoms with van der Waals surface area (Å²) in [6.45, 7) is 1.83. The summed E-state index contributed by atoms with van der Waals surface area (Å²) in [7, 11) is 0. The van der Waals surface area contributed by atoms with E-state index in [0.29, 0.717) is 12.3 Å². The summed E-state index contributed by atoms with van der Waals surface area (Å²) < 4.78 is 16.7. The molecule has 3 aliphatic rings. The minimum absolute atomic E-state index is 0.0300. The molecule has 0 spiro atoms. The Kier molecular flexibility index (Phi) is 7.96. The van der Waals surface area contributed by atoms with E-state index in [4.69, 9.17) is 14.2 Å². The summed E-state index contributed by atoms with van der Waals surface area (Å²) in [6.07, 6.45) is 15.0. The maximum atomic E-state index is 11.5. The summed E-state index contributed by atoms with van der Waals surface area (Å²) in [5.74, 6) is 0.736. The maximum absolute atomic E-state index is 11.5. The van der Waals surface area contributed by atoms with Gasteiger partial charge in [-0.05, 0) is 56.8 Å². The molecule has 0 bridgehead atoms. The second-order valence-corrected chi connectivity index (χ2v) is 7.95. The first-order chi connectivity index (χ1) is 12.8. The highest BCUT2D eigenvalue weighted by Gasteiger charge is 2.48. The molecule has 5 atom stereocenters. The number of hydrogen-bond acceptors (Lipinski definition) is 5. The average Bonchev–Trinajstić information content (AvgIpc) is 3.17. The van der Waals surface area contributed by atoms with Gasteiger partial charge in [-0.1, -0.05) is 25.0 Å². The van der Waals surface area contributed by atoms with Crippen LogP contribution in [0.2, 0.25) is 0 Å². The summed E-state index contributed by atoms with van der Waals surface area (Å²) in [4.78, 5) is 11.5. The SMILES string of the molecule is O=C1C[C@@H]2[C@@H](C=CCCCCCCOC3CCCCO3)[C@H](CO)C[C@H]2O1. The second kappa shape index (κ2) is 10.4. The Labute approximate surface area is 157 Å². The third-order valence-corrected chi connectivity index (χ3v) is 6.04. The Morgan fingerprint density at radius 3 is 2.88 bits per heavy atom. The molecule has 3 fully saturated rings. The Hall–Kier alpha value is -0.910. The van der Waals surface area contributed by atoms with Crippen LogP contribution in [0.5, 0.6) is 0 Å². The third-order valence-electron chi connectivity index (χ3n) is 6.04. The number of carbonyl (C=O) groups excluding carboxylic acids is 1. The number of esters is 1. The van der Waals surface area contributed by atoms with Gasteiger partial charge >= 0.3 is 5.97 Å². The third kappa shape index (κ3) is 5.54. The molecule has 0 aromatic heterocycles. The Morgan fingerprint density at radius 1 is 1.19 bits per heavy atom. The lowest BCUT2D eigenvalue weighted by Crippen LogP contribution is -2.22. The van der Waals surface area contributed by atoms with Crippen LogP contribution in [0.4, 0.5) is 0 Å². The molecule has 0 aromatic carbocycles. The first-order valence-electron chi connectivity index (χ1n) is 10.5. The van der Waals surface area contributed by atoms with E-state index in [0.717, 1.165) is 45.3 Å². The van der Waals surface area contributed by atoms with Crippen molar-refractivity contribution in [2.75, 3.05) is 19.8 Å². The van der Waals surface area contributed by atoms with Gasteiger partial charge < -0.3 is 19.3 Å². The van der Waals surface area contributed by atoms with Crippen molar-refractivity contribution < 1.29 is 24.1 Å². The highest BCUT2D eigenvalue weighted by Crippen LogP contribution is 2.45. The molecule has 2 aliphatic heterocycles. The van der Waals surface area contributed by atoms with Crippen LogP contribution in [-0.2, 0) is 19.0 Å². The fourth-order valence-electron chi connectivity index (χ4n) is 4.56. The van der Waals surface area contributed by atoms with Crippen LogP contribution in [0.1, 0.15) is 64.2 Å².